The number of thiophene rings is 1. The molecule has 0 bridgehead atoms. The molecule has 0 atom stereocenters. The van der Waals surface area contributed by atoms with Gasteiger partial charge in [-0.15, -0.1) is 5.10 Å². The number of anilines is 1. The van der Waals surface area contributed by atoms with Crippen molar-refractivity contribution in [3.8, 4) is 0 Å². The Bertz CT molecular complexity index is 401. The van der Waals surface area contributed by atoms with Crippen molar-refractivity contribution in [2.45, 2.75) is 6.54 Å². The lowest BCUT2D eigenvalue weighted by atomic mass is 10.3. The maximum atomic E-state index is 3.93. The minimum absolute atomic E-state index is 0.767. The van der Waals surface area contributed by atoms with E-state index in [9.17, 15) is 0 Å². The predicted octanol–water partition coefficient (Wildman–Crippen LogP) is 2.91. The normalized spacial score (nSPS) is 10.1. The SMILES string of the molecule is Brc1cscc1CNc1cccnn1. The summed E-state index contributed by atoms with van der Waals surface area (Å²) in [5.74, 6) is 0.797. The summed E-state index contributed by atoms with van der Waals surface area (Å²) in [6.07, 6.45) is 1.66. The van der Waals surface area contributed by atoms with E-state index in [-0.39, 0.29) is 0 Å². The van der Waals surface area contributed by atoms with Gasteiger partial charge in [0.1, 0.15) is 5.82 Å². The molecule has 0 radical (unpaired) electrons. The minimum atomic E-state index is 0.767. The molecule has 2 aromatic heterocycles. The molecule has 72 valence electrons. The van der Waals surface area contributed by atoms with E-state index < -0.39 is 0 Å². The maximum absolute atomic E-state index is 3.93. The molecule has 5 heteroatoms. The van der Waals surface area contributed by atoms with Gasteiger partial charge in [-0.3, -0.25) is 0 Å². The van der Waals surface area contributed by atoms with Gasteiger partial charge in [0.2, 0.25) is 0 Å². The van der Waals surface area contributed by atoms with E-state index in [0.29, 0.717) is 0 Å². The molecular formula is C9H8BrN3S. The molecule has 1 N–H and O–H groups in total. The first-order chi connectivity index (χ1) is 6.86. The summed E-state index contributed by atoms with van der Waals surface area (Å²) in [6.45, 7) is 0.767. The van der Waals surface area contributed by atoms with Crippen molar-refractivity contribution in [3.05, 3.63) is 39.1 Å². The summed E-state index contributed by atoms with van der Waals surface area (Å²) in [6, 6.07) is 3.76. The highest BCUT2D eigenvalue weighted by molar-refractivity contribution is 9.10. The largest absolute Gasteiger partial charge is 0.364 e. The third-order valence-electron chi connectivity index (χ3n) is 1.72. The molecule has 14 heavy (non-hydrogen) atoms. The fourth-order valence-electron chi connectivity index (χ4n) is 1.02. The van der Waals surface area contributed by atoms with Gasteiger partial charge in [-0.25, -0.2) is 0 Å². The Morgan fingerprint density at radius 1 is 1.43 bits per heavy atom. The molecule has 0 unspecified atom stereocenters. The molecule has 3 nitrogen and oxygen atoms in total. The second-order valence-electron chi connectivity index (χ2n) is 2.71. The standard InChI is InChI=1S/C9H8BrN3S/c10-8-6-14-5-7(8)4-11-9-2-1-3-12-13-9/h1-3,5-6H,4H2,(H,11,13). The second kappa shape index (κ2) is 4.52. The summed E-state index contributed by atoms with van der Waals surface area (Å²) >= 11 is 5.15. The molecule has 0 saturated heterocycles. The van der Waals surface area contributed by atoms with Crippen LogP contribution >= 0.6 is 27.3 Å². The molecule has 2 rings (SSSR count). The van der Waals surface area contributed by atoms with Crippen LogP contribution in [0.2, 0.25) is 0 Å². The Morgan fingerprint density at radius 3 is 3.00 bits per heavy atom. The van der Waals surface area contributed by atoms with Crippen LogP contribution in [0.4, 0.5) is 5.82 Å². The van der Waals surface area contributed by atoms with E-state index >= 15 is 0 Å². The zero-order valence-corrected chi connectivity index (χ0v) is 9.68. The van der Waals surface area contributed by atoms with Crippen molar-refractivity contribution < 1.29 is 0 Å². The van der Waals surface area contributed by atoms with Gasteiger partial charge in [0.15, 0.2) is 0 Å². The van der Waals surface area contributed by atoms with Crippen molar-refractivity contribution in [2.75, 3.05) is 5.32 Å². The molecule has 0 aromatic carbocycles. The maximum Gasteiger partial charge on any atom is 0.148 e. The first kappa shape index (κ1) is 9.61. The van der Waals surface area contributed by atoms with Crippen molar-refractivity contribution in [3.63, 3.8) is 0 Å². The topological polar surface area (TPSA) is 37.8 Å². The van der Waals surface area contributed by atoms with Gasteiger partial charge in [-0.05, 0) is 39.0 Å². The fourth-order valence-corrected chi connectivity index (χ4v) is 2.46. The molecule has 0 amide bonds. The van der Waals surface area contributed by atoms with Crippen LogP contribution in [0, 0.1) is 0 Å². The number of nitrogens with one attached hydrogen (secondary N) is 1. The number of aromatic nitrogens is 2. The highest BCUT2D eigenvalue weighted by Crippen LogP contribution is 2.21. The predicted molar refractivity (Wildman–Crippen MR) is 61.4 cm³/mol. The van der Waals surface area contributed by atoms with E-state index in [0.717, 1.165) is 16.8 Å². The van der Waals surface area contributed by atoms with Crippen LogP contribution in [0.1, 0.15) is 5.56 Å². The average Bonchev–Trinajstić information content (AvgIpc) is 2.63. The van der Waals surface area contributed by atoms with Crippen LogP contribution in [0.25, 0.3) is 0 Å². The smallest absolute Gasteiger partial charge is 0.148 e. The highest BCUT2D eigenvalue weighted by Gasteiger charge is 2.00. The van der Waals surface area contributed by atoms with Crippen LogP contribution < -0.4 is 5.32 Å². The molecule has 2 heterocycles. The summed E-state index contributed by atoms with van der Waals surface area (Å²) < 4.78 is 1.14. The first-order valence-electron chi connectivity index (χ1n) is 4.08. The zero-order valence-electron chi connectivity index (χ0n) is 7.27. The van der Waals surface area contributed by atoms with Gasteiger partial charge in [-0.1, -0.05) is 0 Å². The summed E-state index contributed by atoms with van der Waals surface area (Å²) in [7, 11) is 0. The van der Waals surface area contributed by atoms with E-state index in [2.05, 4.69) is 42.2 Å². The highest BCUT2D eigenvalue weighted by atomic mass is 79.9. The van der Waals surface area contributed by atoms with Crippen molar-refractivity contribution >= 4 is 33.1 Å². The first-order valence-corrected chi connectivity index (χ1v) is 5.82. The van der Waals surface area contributed by atoms with Crippen LogP contribution in [0.15, 0.2) is 33.6 Å². The Morgan fingerprint density at radius 2 is 2.36 bits per heavy atom. The van der Waals surface area contributed by atoms with Crippen molar-refractivity contribution in [1.82, 2.24) is 10.2 Å². The number of halogens is 1. The molecule has 0 spiro atoms. The molecule has 2 aromatic rings. The Balaban J connectivity index is 1.99. The number of nitrogens with zero attached hydrogens (tertiary/aromatic N) is 2. The number of rotatable bonds is 3. The van der Waals surface area contributed by atoms with Gasteiger partial charge < -0.3 is 5.32 Å². The Labute approximate surface area is 94.3 Å². The molecule has 0 saturated carbocycles. The minimum Gasteiger partial charge on any atom is -0.364 e. The molecule has 0 aliphatic rings. The Kier molecular flexibility index (Phi) is 3.10. The average molecular weight is 270 g/mol. The van der Waals surface area contributed by atoms with Crippen LogP contribution in [-0.2, 0) is 6.54 Å². The zero-order chi connectivity index (χ0) is 9.80. The van der Waals surface area contributed by atoms with E-state index in [1.165, 1.54) is 5.56 Å². The number of hydrogen-bond acceptors (Lipinski definition) is 4. The van der Waals surface area contributed by atoms with Gasteiger partial charge >= 0.3 is 0 Å². The van der Waals surface area contributed by atoms with Crippen LogP contribution in [0.5, 0.6) is 0 Å². The fraction of sp³-hybridized carbons (Fsp3) is 0.111. The van der Waals surface area contributed by atoms with Crippen molar-refractivity contribution in [1.29, 1.82) is 0 Å². The van der Waals surface area contributed by atoms with Gasteiger partial charge in [-0.2, -0.15) is 16.4 Å². The third kappa shape index (κ3) is 2.30. The number of hydrogen-bond donors (Lipinski definition) is 1. The van der Waals surface area contributed by atoms with E-state index in [1.54, 1.807) is 17.5 Å². The van der Waals surface area contributed by atoms with Crippen LogP contribution in [0.3, 0.4) is 0 Å². The van der Waals surface area contributed by atoms with E-state index in [1.807, 2.05) is 12.1 Å². The van der Waals surface area contributed by atoms with Crippen molar-refractivity contribution in [2.24, 2.45) is 0 Å². The molecule has 0 aliphatic carbocycles. The molecular weight excluding hydrogens is 262 g/mol. The lowest BCUT2D eigenvalue weighted by Gasteiger charge is -2.02. The van der Waals surface area contributed by atoms with Gasteiger partial charge in [0.25, 0.3) is 0 Å². The quantitative estimate of drug-likeness (QED) is 0.931. The van der Waals surface area contributed by atoms with Gasteiger partial charge in [0.05, 0.1) is 0 Å². The molecule has 0 fully saturated rings. The monoisotopic (exact) mass is 269 g/mol. The lowest BCUT2D eigenvalue weighted by molar-refractivity contribution is 1.00. The lowest BCUT2D eigenvalue weighted by Crippen LogP contribution is -2.01. The van der Waals surface area contributed by atoms with E-state index in [4.69, 9.17) is 0 Å². The summed E-state index contributed by atoms with van der Waals surface area (Å²) in [5.41, 5.74) is 1.24. The second-order valence-corrected chi connectivity index (χ2v) is 4.31. The summed E-state index contributed by atoms with van der Waals surface area (Å²) in [4.78, 5) is 0. The Hall–Kier alpha value is -0.940. The molecule has 0 aliphatic heterocycles. The van der Waals surface area contributed by atoms with Crippen LogP contribution in [-0.4, -0.2) is 10.2 Å². The third-order valence-corrected chi connectivity index (χ3v) is 3.55. The van der Waals surface area contributed by atoms with Gasteiger partial charge in [0, 0.05) is 22.6 Å². The summed E-state index contributed by atoms with van der Waals surface area (Å²) in [5, 5.41) is 15.1.